The number of nitrogens with zero attached hydrogens (tertiary/aromatic N) is 2. The summed E-state index contributed by atoms with van der Waals surface area (Å²) in [6.45, 7) is 10.6. The van der Waals surface area contributed by atoms with Gasteiger partial charge in [0.15, 0.2) is 0 Å². The molecule has 22 heavy (non-hydrogen) atoms. The number of piperidine rings is 1. The van der Waals surface area contributed by atoms with Gasteiger partial charge in [-0.2, -0.15) is 0 Å². The maximum absolute atomic E-state index is 12.2. The number of carbonyl (C=O) groups is 2. The van der Waals surface area contributed by atoms with Crippen molar-refractivity contribution in [2.45, 2.75) is 26.7 Å². The molecule has 126 valence electrons. The first kappa shape index (κ1) is 17.2. The molecule has 6 heteroatoms. The van der Waals surface area contributed by atoms with Crippen molar-refractivity contribution in [3.05, 3.63) is 0 Å². The third-order valence-electron chi connectivity index (χ3n) is 4.39. The van der Waals surface area contributed by atoms with Crippen LogP contribution in [0.1, 0.15) is 26.7 Å². The maximum Gasteiger partial charge on any atom is 0.311 e. The van der Waals surface area contributed by atoms with Crippen molar-refractivity contribution >= 4 is 11.8 Å². The highest BCUT2D eigenvalue weighted by atomic mass is 16.5. The first-order chi connectivity index (χ1) is 10.6. The summed E-state index contributed by atoms with van der Waals surface area (Å²) in [6.07, 6.45) is 2.00. The van der Waals surface area contributed by atoms with Gasteiger partial charge in [-0.3, -0.25) is 14.5 Å². The molecule has 0 radical (unpaired) electrons. The largest absolute Gasteiger partial charge is 0.379 e. The fourth-order valence-electron chi connectivity index (χ4n) is 3.38. The van der Waals surface area contributed by atoms with E-state index in [0.717, 1.165) is 45.7 Å². The average molecular weight is 311 g/mol. The monoisotopic (exact) mass is 311 g/mol. The van der Waals surface area contributed by atoms with Gasteiger partial charge in [-0.1, -0.05) is 13.8 Å². The lowest BCUT2D eigenvalue weighted by Gasteiger charge is -2.34. The van der Waals surface area contributed by atoms with Crippen molar-refractivity contribution in [3.63, 3.8) is 0 Å². The lowest BCUT2D eigenvalue weighted by atomic mass is 9.92. The van der Waals surface area contributed by atoms with Gasteiger partial charge in [-0.05, 0) is 31.2 Å². The fraction of sp³-hybridized carbons (Fsp3) is 0.875. The van der Waals surface area contributed by atoms with Gasteiger partial charge in [0, 0.05) is 32.7 Å². The topological polar surface area (TPSA) is 61.9 Å². The predicted molar refractivity (Wildman–Crippen MR) is 84.4 cm³/mol. The Kier molecular flexibility index (Phi) is 6.64. The highest BCUT2D eigenvalue weighted by Crippen LogP contribution is 2.20. The number of amides is 2. The molecule has 2 fully saturated rings. The molecule has 1 N–H and O–H groups in total. The van der Waals surface area contributed by atoms with Gasteiger partial charge in [0.05, 0.1) is 13.2 Å². The van der Waals surface area contributed by atoms with Crippen molar-refractivity contribution in [2.24, 2.45) is 11.8 Å². The smallest absolute Gasteiger partial charge is 0.311 e. The van der Waals surface area contributed by atoms with Crippen LogP contribution in [0.25, 0.3) is 0 Å². The van der Waals surface area contributed by atoms with Crippen molar-refractivity contribution in [1.82, 2.24) is 15.1 Å². The van der Waals surface area contributed by atoms with Crippen molar-refractivity contribution in [2.75, 3.05) is 52.5 Å². The first-order valence-electron chi connectivity index (χ1n) is 8.43. The minimum Gasteiger partial charge on any atom is -0.379 e. The molecule has 2 atom stereocenters. The number of hydrogen-bond donors (Lipinski definition) is 1. The zero-order valence-corrected chi connectivity index (χ0v) is 13.8. The Hall–Kier alpha value is -1.14. The molecule has 2 saturated heterocycles. The van der Waals surface area contributed by atoms with Gasteiger partial charge in [-0.15, -0.1) is 0 Å². The molecule has 0 aliphatic carbocycles. The van der Waals surface area contributed by atoms with Crippen LogP contribution < -0.4 is 5.32 Å². The average Bonchev–Trinajstić information content (AvgIpc) is 2.50. The highest BCUT2D eigenvalue weighted by Gasteiger charge is 2.28. The molecule has 0 saturated carbocycles. The molecule has 0 aromatic heterocycles. The summed E-state index contributed by atoms with van der Waals surface area (Å²) < 4.78 is 5.30. The van der Waals surface area contributed by atoms with Gasteiger partial charge in [-0.25, -0.2) is 0 Å². The van der Waals surface area contributed by atoms with E-state index >= 15 is 0 Å². The van der Waals surface area contributed by atoms with Crippen LogP contribution in [0, 0.1) is 11.8 Å². The molecular weight excluding hydrogens is 282 g/mol. The number of likely N-dealkylation sites (tertiary alicyclic amines) is 1. The van der Waals surface area contributed by atoms with E-state index in [1.165, 1.54) is 0 Å². The second-order valence-corrected chi connectivity index (χ2v) is 6.72. The summed E-state index contributed by atoms with van der Waals surface area (Å²) in [4.78, 5) is 28.2. The van der Waals surface area contributed by atoms with Crippen molar-refractivity contribution in [3.8, 4) is 0 Å². The Labute approximate surface area is 133 Å². The van der Waals surface area contributed by atoms with E-state index in [2.05, 4.69) is 24.1 Å². The van der Waals surface area contributed by atoms with E-state index < -0.39 is 5.91 Å². The van der Waals surface area contributed by atoms with Crippen molar-refractivity contribution < 1.29 is 14.3 Å². The zero-order chi connectivity index (χ0) is 15.9. The molecule has 2 amide bonds. The number of nitrogens with one attached hydrogen (secondary N) is 1. The number of hydrogen-bond acceptors (Lipinski definition) is 4. The summed E-state index contributed by atoms with van der Waals surface area (Å²) in [5.74, 6) is 0.122. The molecule has 0 aromatic rings. The molecule has 2 aliphatic rings. The minimum absolute atomic E-state index is 0.371. The Morgan fingerprint density at radius 1 is 1.14 bits per heavy atom. The molecule has 2 heterocycles. The maximum atomic E-state index is 12.2. The van der Waals surface area contributed by atoms with Crippen LogP contribution in [0.2, 0.25) is 0 Å². The van der Waals surface area contributed by atoms with Gasteiger partial charge < -0.3 is 15.0 Å². The number of rotatable bonds is 4. The third-order valence-corrected chi connectivity index (χ3v) is 4.39. The summed E-state index contributed by atoms with van der Waals surface area (Å²) in [5.41, 5.74) is 0. The van der Waals surface area contributed by atoms with Gasteiger partial charge in [0.1, 0.15) is 0 Å². The second-order valence-electron chi connectivity index (χ2n) is 6.72. The molecule has 2 rings (SSSR count). The van der Waals surface area contributed by atoms with Crippen molar-refractivity contribution in [1.29, 1.82) is 0 Å². The van der Waals surface area contributed by atoms with Crippen LogP contribution in [0.3, 0.4) is 0 Å². The Morgan fingerprint density at radius 3 is 2.41 bits per heavy atom. The Balaban J connectivity index is 1.64. The predicted octanol–water partition coefficient (Wildman–Crippen LogP) is 0.329. The summed E-state index contributed by atoms with van der Waals surface area (Å²) in [6, 6.07) is 0. The van der Waals surface area contributed by atoms with Crippen LogP contribution in [-0.4, -0.2) is 74.1 Å². The van der Waals surface area contributed by atoms with E-state index in [1.807, 2.05) is 0 Å². The molecular formula is C16H29N3O3. The summed E-state index contributed by atoms with van der Waals surface area (Å²) in [7, 11) is 0. The Bertz CT molecular complexity index is 373. The number of morpholine rings is 1. The normalized spacial score (nSPS) is 26.7. The SMILES string of the molecule is CC1CC(C)CN(C(=O)C(=O)NCCCN2CCOCC2)C1. The van der Waals surface area contributed by atoms with E-state index in [-0.39, 0.29) is 5.91 Å². The quantitative estimate of drug-likeness (QED) is 0.600. The molecule has 6 nitrogen and oxygen atoms in total. The second kappa shape index (κ2) is 8.48. The van der Waals surface area contributed by atoms with E-state index in [1.54, 1.807) is 4.90 Å². The van der Waals surface area contributed by atoms with Gasteiger partial charge in [0.2, 0.25) is 0 Å². The van der Waals surface area contributed by atoms with Crippen LogP contribution in [0.15, 0.2) is 0 Å². The van der Waals surface area contributed by atoms with E-state index in [4.69, 9.17) is 4.74 Å². The number of carbonyl (C=O) groups excluding carboxylic acids is 2. The van der Waals surface area contributed by atoms with Crippen LogP contribution in [0.5, 0.6) is 0 Å². The summed E-state index contributed by atoms with van der Waals surface area (Å²) in [5, 5.41) is 2.76. The number of ether oxygens (including phenoxy) is 1. The van der Waals surface area contributed by atoms with E-state index in [0.29, 0.717) is 31.5 Å². The summed E-state index contributed by atoms with van der Waals surface area (Å²) >= 11 is 0. The minimum atomic E-state index is -0.455. The van der Waals surface area contributed by atoms with Crippen LogP contribution in [-0.2, 0) is 14.3 Å². The van der Waals surface area contributed by atoms with Gasteiger partial charge in [0.25, 0.3) is 0 Å². The molecule has 2 unspecified atom stereocenters. The first-order valence-corrected chi connectivity index (χ1v) is 8.43. The van der Waals surface area contributed by atoms with Crippen LogP contribution >= 0.6 is 0 Å². The molecule has 0 bridgehead atoms. The third kappa shape index (κ3) is 5.25. The molecule has 0 aromatic carbocycles. The highest BCUT2D eigenvalue weighted by molar-refractivity contribution is 6.35. The van der Waals surface area contributed by atoms with E-state index in [9.17, 15) is 9.59 Å². The molecule has 0 spiro atoms. The lowest BCUT2D eigenvalue weighted by molar-refractivity contribution is -0.147. The standard InChI is InChI=1S/C16H29N3O3/c1-13-10-14(2)12-19(11-13)16(21)15(20)17-4-3-5-18-6-8-22-9-7-18/h13-14H,3-12H2,1-2H3,(H,17,20). The fourth-order valence-corrected chi connectivity index (χ4v) is 3.38. The van der Waals surface area contributed by atoms with Crippen LogP contribution in [0.4, 0.5) is 0 Å². The lowest BCUT2D eigenvalue weighted by Crippen LogP contribution is -2.49. The Morgan fingerprint density at radius 2 is 1.77 bits per heavy atom. The zero-order valence-electron chi connectivity index (χ0n) is 13.8. The van der Waals surface area contributed by atoms with Gasteiger partial charge >= 0.3 is 11.8 Å². The molecule has 2 aliphatic heterocycles.